The molecule has 0 bridgehead atoms. The highest BCUT2D eigenvalue weighted by Crippen LogP contribution is 2.15. The van der Waals surface area contributed by atoms with Crippen LogP contribution >= 0.6 is 0 Å². The Morgan fingerprint density at radius 2 is 0.470 bits per heavy atom. The largest absolute Gasteiger partial charge is 0.462 e. The van der Waals surface area contributed by atoms with E-state index in [2.05, 4.69) is 167 Å². The molecule has 0 aliphatic heterocycles. The maximum atomic E-state index is 12.9. The van der Waals surface area contributed by atoms with Crippen LogP contribution in [0.4, 0.5) is 0 Å². The van der Waals surface area contributed by atoms with Crippen LogP contribution in [0, 0.1) is 0 Å². The van der Waals surface area contributed by atoms with E-state index >= 15 is 0 Å². The highest BCUT2D eigenvalue weighted by molar-refractivity contribution is 5.71. The third-order valence-corrected chi connectivity index (χ3v) is 14.3. The van der Waals surface area contributed by atoms with Gasteiger partial charge in [0.2, 0.25) is 0 Å². The molecule has 0 saturated heterocycles. The predicted octanol–water partition coefficient (Wildman–Crippen LogP) is 23.9. The van der Waals surface area contributed by atoms with Gasteiger partial charge in [0.05, 0.1) is 0 Å². The van der Waals surface area contributed by atoms with Gasteiger partial charge >= 0.3 is 17.9 Å². The van der Waals surface area contributed by atoms with E-state index in [1.54, 1.807) is 0 Å². The van der Waals surface area contributed by atoms with Crippen LogP contribution in [-0.4, -0.2) is 37.2 Å². The van der Waals surface area contributed by atoms with E-state index in [1.807, 2.05) is 0 Å². The minimum Gasteiger partial charge on any atom is -0.462 e. The number of carbonyl (C=O) groups is 3. The summed E-state index contributed by atoms with van der Waals surface area (Å²) in [4.78, 5) is 38.5. The molecule has 1 unspecified atom stereocenters. The Balaban J connectivity index is 4.42. The highest BCUT2D eigenvalue weighted by atomic mass is 16.6. The summed E-state index contributed by atoms with van der Waals surface area (Å²) < 4.78 is 17.0. The van der Waals surface area contributed by atoms with Gasteiger partial charge in [-0.15, -0.1) is 0 Å². The molecule has 0 amide bonds. The lowest BCUT2D eigenvalue weighted by atomic mass is 10.1. The third-order valence-electron chi connectivity index (χ3n) is 14.3. The molecule has 1 atom stereocenters. The van der Waals surface area contributed by atoms with Crippen molar-refractivity contribution in [1.29, 1.82) is 0 Å². The van der Waals surface area contributed by atoms with E-state index < -0.39 is 6.10 Å². The van der Waals surface area contributed by atoms with Gasteiger partial charge in [0.25, 0.3) is 0 Å². The van der Waals surface area contributed by atoms with Crippen LogP contribution in [-0.2, 0) is 28.6 Å². The molecule has 0 radical (unpaired) electrons. The lowest BCUT2D eigenvalue weighted by molar-refractivity contribution is -0.167. The fourth-order valence-electron chi connectivity index (χ4n) is 9.23. The van der Waals surface area contributed by atoms with Gasteiger partial charge in [-0.1, -0.05) is 289 Å². The van der Waals surface area contributed by atoms with E-state index in [1.165, 1.54) is 116 Å². The smallest absolute Gasteiger partial charge is 0.306 e. The van der Waals surface area contributed by atoms with Crippen molar-refractivity contribution >= 4 is 17.9 Å². The van der Waals surface area contributed by atoms with Gasteiger partial charge in [-0.2, -0.15) is 0 Å². The van der Waals surface area contributed by atoms with Gasteiger partial charge in [-0.25, -0.2) is 0 Å². The molecule has 0 rings (SSSR count). The first-order chi connectivity index (χ1) is 41.0. The Kier molecular flexibility index (Phi) is 65.8. The summed E-state index contributed by atoms with van der Waals surface area (Å²) in [6.07, 6.45) is 99.9. The first-order valence-electron chi connectivity index (χ1n) is 34.3. The molecule has 83 heavy (non-hydrogen) atoms. The number of rotatable bonds is 61. The summed E-state index contributed by atoms with van der Waals surface area (Å²) in [5, 5.41) is 0. The lowest BCUT2D eigenvalue weighted by Gasteiger charge is -2.18. The van der Waals surface area contributed by atoms with Crippen LogP contribution in [0.1, 0.15) is 303 Å². The average molecular weight is 1150 g/mol. The summed E-state index contributed by atoms with van der Waals surface area (Å²) in [5.41, 5.74) is 0. The van der Waals surface area contributed by atoms with E-state index in [-0.39, 0.29) is 31.1 Å². The van der Waals surface area contributed by atoms with Crippen LogP contribution in [0.2, 0.25) is 0 Å². The quantitative estimate of drug-likeness (QED) is 0.0261. The lowest BCUT2D eigenvalue weighted by Crippen LogP contribution is -2.30. The van der Waals surface area contributed by atoms with Gasteiger partial charge in [0.15, 0.2) is 6.10 Å². The fourth-order valence-corrected chi connectivity index (χ4v) is 9.23. The van der Waals surface area contributed by atoms with Crippen LogP contribution in [0.3, 0.4) is 0 Å². The first-order valence-corrected chi connectivity index (χ1v) is 34.3. The Labute approximate surface area is 512 Å². The normalized spacial score (nSPS) is 13.0. The number of unbranched alkanes of at least 4 members (excludes halogenated alkanes) is 26. The zero-order valence-corrected chi connectivity index (χ0v) is 53.9. The number of ether oxygens (including phenoxy) is 3. The van der Waals surface area contributed by atoms with Crippen molar-refractivity contribution < 1.29 is 28.6 Å². The van der Waals surface area contributed by atoms with Gasteiger partial charge < -0.3 is 14.2 Å². The maximum absolute atomic E-state index is 12.9. The number of allylic oxidation sites excluding steroid dienone is 24. The Morgan fingerprint density at radius 3 is 0.747 bits per heavy atom. The molecule has 0 aromatic heterocycles. The van der Waals surface area contributed by atoms with Gasteiger partial charge in [0, 0.05) is 19.3 Å². The molecule has 0 aliphatic carbocycles. The second-order valence-electron chi connectivity index (χ2n) is 22.3. The van der Waals surface area contributed by atoms with Gasteiger partial charge in [-0.3, -0.25) is 14.4 Å². The molecular formula is C77H126O6. The van der Waals surface area contributed by atoms with Crippen molar-refractivity contribution in [2.45, 2.75) is 309 Å². The first kappa shape index (κ1) is 78.3. The Hall–Kier alpha value is -4.71. The maximum Gasteiger partial charge on any atom is 0.306 e. The summed E-state index contributed by atoms with van der Waals surface area (Å²) in [6.45, 7) is 6.40. The zero-order chi connectivity index (χ0) is 59.9. The van der Waals surface area contributed by atoms with Gasteiger partial charge in [0.1, 0.15) is 13.2 Å². The van der Waals surface area contributed by atoms with Crippen molar-refractivity contribution in [2.24, 2.45) is 0 Å². The molecule has 0 heterocycles. The van der Waals surface area contributed by atoms with E-state index in [0.29, 0.717) is 19.3 Å². The topological polar surface area (TPSA) is 78.9 Å². The van der Waals surface area contributed by atoms with Crippen LogP contribution in [0.5, 0.6) is 0 Å². The summed E-state index contributed by atoms with van der Waals surface area (Å²) >= 11 is 0. The van der Waals surface area contributed by atoms with Crippen LogP contribution in [0.25, 0.3) is 0 Å². The van der Waals surface area contributed by atoms with Crippen molar-refractivity contribution in [3.8, 4) is 0 Å². The molecule has 0 saturated carbocycles. The average Bonchev–Trinajstić information content (AvgIpc) is 3.49. The molecule has 0 N–H and O–H groups in total. The fraction of sp³-hybridized carbons (Fsp3) is 0.649. The molecule has 6 heteroatoms. The molecule has 0 aromatic carbocycles. The zero-order valence-electron chi connectivity index (χ0n) is 53.9. The van der Waals surface area contributed by atoms with Crippen molar-refractivity contribution in [1.82, 2.24) is 0 Å². The summed E-state index contributed by atoms with van der Waals surface area (Å²) in [7, 11) is 0. The van der Waals surface area contributed by atoms with Crippen molar-refractivity contribution in [3.05, 3.63) is 146 Å². The van der Waals surface area contributed by atoms with E-state index in [0.717, 1.165) is 148 Å². The van der Waals surface area contributed by atoms with Crippen molar-refractivity contribution in [3.63, 3.8) is 0 Å². The number of carbonyl (C=O) groups excluding carboxylic acids is 3. The Bertz CT molecular complexity index is 1800. The summed E-state index contributed by atoms with van der Waals surface area (Å²) in [6, 6.07) is 0. The summed E-state index contributed by atoms with van der Waals surface area (Å²) in [5.74, 6) is -0.918. The van der Waals surface area contributed by atoms with Crippen LogP contribution < -0.4 is 0 Å². The predicted molar refractivity (Wildman–Crippen MR) is 362 cm³/mol. The van der Waals surface area contributed by atoms with Crippen molar-refractivity contribution in [2.75, 3.05) is 13.2 Å². The molecule has 470 valence electrons. The van der Waals surface area contributed by atoms with Gasteiger partial charge in [-0.05, 0) is 141 Å². The Morgan fingerprint density at radius 1 is 0.253 bits per heavy atom. The second-order valence-corrected chi connectivity index (χ2v) is 22.3. The number of esters is 3. The molecular weight excluding hydrogens is 1020 g/mol. The molecule has 6 nitrogen and oxygen atoms in total. The minimum absolute atomic E-state index is 0.0934. The standard InChI is InChI=1S/C77H126O6/c1-4-7-10-13-16-19-22-25-28-31-33-34-35-36-37-38-39-40-41-42-44-46-49-52-55-58-61-64-67-70-76(79)82-73-74(72-81-75(78)69-66-63-60-57-54-51-48-45-30-27-24-21-18-15-12-9-6-3)83-77(80)71-68-65-62-59-56-53-50-47-43-32-29-26-23-20-17-14-11-8-5-2/h7-8,10-11,16-17,19-20,25-30,33-34,36-37,39-40,42-44,47,74H,4-6,9,12-15,18,21-24,31-32,35,38,41,45-46,48-73H2,1-3H3/b10-7-,11-8-,19-16-,20-17-,28-25-,29-26-,30-27-,34-33-,37-36-,40-39-,44-42-,47-43-. The van der Waals surface area contributed by atoms with E-state index in [9.17, 15) is 14.4 Å². The molecule has 0 spiro atoms. The molecule has 0 fully saturated rings. The number of hydrogen-bond acceptors (Lipinski definition) is 6. The monoisotopic (exact) mass is 1150 g/mol. The highest BCUT2D eigenvalue weighted by Gasteiger charge is 2.19. The second kappa shape index (κ2) is 69.8. The molecule has 0 aromatic rings. The SMILES string of the molecule is CC/C=C\C/C=C\C/C=C\C/C=C\C/C=C\C/C=C\C/C=C\CCCCCCCCCC(=O)OCC(COC(=O)CCCCCCCCC/C=C\CCCCCCCC)OC(=O)CCCCCCCC/C=C\C/C=C\C/C=C\C/C=C\CC. The molecule has 0 aliphatic rings. The van der Waals surface area contributed by atoms with Crippen LogP contribution in [0.15, 0.2) is 146 Å². The number of hydrogen-bond donors (Lipinski definition) is 0. The van der Waals surface area contributed by atoms with E-state index in [4.69, 9.17) is 14.2 Å². The minimum atomic E-state index is -0.800. The third kappa shape index (κ3) is 68.0.